The molecule has 0 aromatic carbocycles. The average Bonchev–Trinajstić information content (AvgIpc) is 2.88. The highest BCUT2D eigenvalue weighted by molar-refractivity contribution is 7.20. The summed E-state index contributed by atoms with van der Waals surface area (Å²) in [5, 5.41) is 7.50. The van der Waals surface area contributed by atoms with Gasteiger partial charge in [-0.1, -0.05) is 41.2 Å². The summed E-state index contributed by atoms with van der Waals surface area (Å²) in [6, 6.07) is 1.93. The van der Waals surface area contributed by atoms with Crippen molar-refractivity contribution < 1.29 is 4.52 Å². The van der Waals surface area contributed by atoms with E-state index in [1.807, 2.05) is 0 Å². The molecule has 1 unspecified atom stereocenters. The van der Waals surface area contributed by atoms with E-state index in [1.165, 1.54) is 30.6 Å². The van der Waals surface area contributed by atoms with E-state index in [4.69, 9.17) is 27.7 Å². The molecule has 2 aromatic heterocycles. The van der Waals surface area contributed by atoms with Crippen molar-refractivity contribution in [3.63, 3.8) is 0 Å². The molecule has 0 saturated carbocycles. The van der Waals surface area contributed by atoms with Crippen molar-refractivity contribution in [2.24, 2.45) is 0 Å². The third-order valence-corrected chi connectivity index (χ3v) is 4.69. The van der Waals surface area contributed by atoms with Crippen LogP contribution in [-0.4, -0.2) is 16.7 Å². The summed E-state index contributed by atoms with van der Waals surface area (Å²) >= 11 is 13.3. The highest BCUT2D eigenvalue weighted by Crippen LogP contribution is 2.37. The maximum absolute atomic E-state index is 6.09. The summed E-state index contributed by atoms with van der Waals surface area (Å²) in [7, 11) is 0. The quantitative estimate of drug-likeness (QED) is 0.896. The number of nitrogens with one attached hydrogen (secondary N) is 1. The minimum absolute atomic E-state index is 0.174. The fourth-order valence-electron chi connectivity index (χ4n) is 2.22. The first-order chi connectivity index (χ1) is 9.24. The van der Waals surface area contributed by atoms with Crippen LogP contribution < -0.4 is 5.32 Å². The summed E-state index contributed by atoms with van der Waals surface area (Å²) in [4.78, 5) is 4.44. The molecule has 3 rings (SSSR count). The molecular weight excluding hydrogens is 305 g/mol. The maximum Gasteiger partial charge on any atom is 0.260 e. The van der Waals surface area contributed by atoms with Crippen molar-refractivity contribution in [3.8, 4) is 11.5 Å². The Balaban J connectivity index is 1.84. The molecule has 1 aliphatic rings. The third-order valence-electron chi connectivity index (χ3n) is 3.20. The molecule has 102 valence electrons. The first-order valence-corrected chi connectivity index (χ1v) is 7.83. The topological polar surface area (TPSA) is 51.0 Å². The van der Waals surface area contributed by atoms with Gasteiger partial charge in [0.2, 0.25) is 0 Å². The van der Waals surface area contributed by atoms with Gasteiger partial charge < -0.3 is 9.84 Å². The summed E-state index contributed by atoms with van der Waals surface area (Å²) < 4.78 is 6.50. The Hall–Kier alpha value is -0.620. The Labute approximate surface area is 125 Å². The molecule has 3 heterocycles. The van der Waals surface area contributed by atoms with Gasteiger partial charge in [-0.25, -0.2) is 0 Å². The highest BCUT2D eigenvalue weighted by Gasteiger charge is 2.21. The molecular formula is C12H13Cl2N3OS. The van der Waals surface area contributed by atoms with Crippen molar-refractivity contribution in [3.05, 3.63) is 20.6 Å². The average molecular weight is 318 g/mol. The van der Waals surface area contributed by atoms with Gasteiger partial charge in [-0.2, -0.15) is 4.98 Å². The number of halogens is 2. The van der Waals surface area contributed by atoms with Crippen LogP contribution >= 0.6 is 34.5 Å². The maximum atomic E-state index is 6.09. The molecule has 2 aromatic rings. The fraction of sp³-hybridized carbons (Fsp3) is 0.500. The zero-order valence-corrected chi connectivity index (χ0v) is 12.5. The normalized spacial score (nSPS) is 20.4. The lowest BCUT2D eigenvalue weighted by molar-refractivity contribution is 0.402. The monoisotopic (exact) mass is 317 g/mol. The minimum atomic E-state index is 0.174. The van der Waals surface area contributed by atoms with E-state index in [9.17, 15) is 0 Å². The second-order valence-corrected chi connectivity index (χ2v) is 6.84. The molecule has 1 N–H and O–H groups in total. The largest absolute Gasteiger partial charge is 0.334 e. The smallest absolute Gasteiger partial charge is 0.260 e. The summed E-state index contributed by atoms with van der Waals surface area (Å²) in [5.74, 6) is 1.14. The van der Waals surface area contributed by atoms with Crippen molar-refractivity contribution in [2.75, 3.05) is 6.54 Å². The molecule has 0 radical (unpaired) electrons. The number of thiophene rings is 1. The summed E-state index contributed by atoms with van der Waals surface area (Å²) in [6.45, 7) is 1.000. The zero-order valence-electron chi connectivity index (χ0n) is 10.2. The number of hydrogen-bond acceptors (Lipinski definition) is 5. The van der Waals surface area contributed by atoms with E-state index in [-0.39, 0.29) is 6.04 Å². The number of rotatable bonds is 2. The predicted molar refractivity (Wildman–Crippen MR) is 76.8 cm³/mol. The van der Waals surface area contributed by atoms with Crippen LogP contribution in [0.2, 0.25) is 8.67 Å². The Morgan fingerprint density at radius 3 is 3.00 bits per heavy atom. The van der Waals surface area contributed by atoms with Crippen LogP contribution in [0, 0.1) is 0 Å². The standard InChI is InChI=1S/C12H13Cl2N3OS/c13-9-6-7(10(14)19-9)12-16-11(17-18-12)8-4-2-1-3-5-15-8/h6,8,15H,1-5H2. The van der Waals surface area contributed by atoms with Crippen molar-refractivity contribution in [1.29, 1.82) is 0 Å². The second-order valence-electron chi connectivity index (χ2n) is 4.55. The van der Waals surface area contributed by atoms with Gasteiger partial charge in [0.25, 0.3) is 5.89 Å². The molecule has 1 saturated heterocycles. The van der Waals surface area contributed by atoms with Gasteiger partial charge in [0, 0.05) is 0 Å². The van der Waals surface area contributed by atoms with E-state index in [0.29, 0.717) is 26.0 Å². The lowest BCUT2D eigenvalue weighted by atomic mass is 10.1. The molecule has 1 fully saturated rings. The summed E-state index contributed by atoms with van der Waals surface area (Å²) in [6.07, 6.45) is 4.68. The number of hydrogen-bond donors (Lipinski definition) is 1. The molecule has 0 spiro atoms. The molecule has 4 nitrogen and oxygen atoms in total. The highest BCUT2D eigenvalue weighted by atomic mass is 35.5. The first kappa shape index (κ1) is 13.4. The van der Waals surface area contributed by atoms with Crippen LogP contribution in [-0.2, 0) is 0 Å². The van der Waals surface area contributed by atoms with Crippen LogP contribution in [0.1, 0.15) is 37.5 Å². The number of aromatic nitrogens is 2. The van der Waals surface area contributed by atoms with Gasteiger partial charge in [0.1, 0.15) is 4.34 Å². The van der Waals surface area contributed by atoms with E-state index in [2.05, 4.69) is 15.5 Å². The molecule has 7 heteroatoms. The van der Waals surface area contributed by atoms with Gasteiger partial charge in [0.15, 0.2) is 5.82 Å². The molecule has 1 atom stereocenters. The van der Waals surface area contributed by atoms with Gasteiger partial charge in [-0.3, -0.25) is 0 Å². The Morgan fingerprint density at radius 1 is 1.32 bits per heavy atom. The lowest BCUT2D eigenvalue weighted by Crippen LogP contribution is -2.21. The summed E-state index contributed by atoms with van der Waals surface area (Å²) in [5.41, 5.74) is 0.712. The second kappa shape index (κ2) is 5.79. The van der Waals surface area contributed by atoms with E-state index >= 15 is 0 Å². The first-order valence-electron chi connectivity index (χ1n) is 6.26. The molecule has 0 aliphatic carbocycles. The van der Waals surface area contributed by atoms with E-state index in [1.54, 1.807) is 6.07 Å². The SMILES string of the molecule is Clc1cc(-c2nc(C3CCCCCN3)no2)c(Cl)s1. The van der Waals surface area contributed by atoms with Crippen LogP contribution in [0.4, 0.5) is 0 Å². The Kier molecular flexibility index (Phi) is 4.07. The van der Waals surface area contributed by atoms with E-state index in [0.717, 1.165) is 13.0 Å². The third kappa shape index (κ3) is 2.94. The van der Waals surface area contributed by atoms with Crippen LogP contribution in [0.25, 0.3) is 11.5 Å². The zero-order chi connectivity index (χ0) is 13.2. The van der Waals surface area contributed by atoms with Gasteiger partial charge >= 0.3 is 0 Å². The van der Waals surface area contributed by atoms with Crippen molar-refractivity contribution >= 4 is 34.5 Å². The lowest BCUT2D eigenvalue weighted by Gasteiger charge is -2.09. The minimum Gasteiger partial charge on any atom is -0.334 e. The van der Waals surface area contributed by atoms with E-state index < -0.39 is 0 Å². The molecule has 0 amide bonds. The molecule has 1 aliphatic heterocycles. The number of nitrogens with zero attached hydrogens (tertiary/aromatic N) is 2. The van der Waals surface area contributed by atoms with Crippen LogP contribution in [0.15, 0.2) is 10.6 Å². The molecule has 19 heavy (non-hydrogen) atoms. The molecule has 0 bridgehead atoms. The van der Waals surface area contributed by atoms with Crippen molar-refractivity contribution in [2.45, 2.75) is 31.7 Å². The fourth-order valence-corrected chi connectivity index (χ4v) is 3.67. The Bertz CT molecular complexity index is 561. The van der Waals surface area contributed by atoms with Gasteiger partial charge in [-0.15, -0.1) is 11.3 Å². The van der Waals surface area contributed by atoms with Crippen molar-refractivity contribution in [1.82, 2.24) is 15.5 Å². The Morgan fingerprint density at radius 2 is 2.21 bits per heavy atom. The predicted octanol–water partition coefficient (Wildman–Crippen LogP) is 4.31. The van der Waals surface area contributed by atoms with Gasteiger partial charge in [0.05, 0.1) is 15.9 Å². The van der Waals surface area contributed by atoms with Crippen LogP contribution in [0.3, 0.4) is 0 Å². The van der Waals surface area contributed by atoms with Gasteiger partial charge in [-0.05, 0) is 25.5 Å². The van der Waals surface area contributed by atoms with Crippen LogP contribution in [0.5, 0.6) is 0 Å².